The summed E-state index contributed by atoms with van der Waals surface area (Å²) in [4.78, 5) is 25.4. The van der Waals surface area contributed by atoms with E-state index in [1.165, 1.54) is 18.0 Å². The van der Waals surface area contributed by atoms with Crippen molar-refractivity contribution >= 4 is 34.4 Å². The Bertz CT molecular complexity index is 1510. The summed E-state index contributed by atoms with van der Waals surface area (Å²) in [6.45, 7) is 1.38. The quantitative estimate of drug-likeness (QED) is 0.184. The van der Waals surface area contributed by atoms with Gasteiger partial charge in [0.05, 0.1) is 18.9 Å². The van der Waals surface area contributed by atoms with Gasteiger partial charge in [-0.15, -0.1) is 0 Å². The Labute approximate surface area is 215 Å². The molecular weight excluding hydrogens is 464 g/mol. The molecule has 0 saturated carbocycles. The van der Waals surface area contributed by atoms with Crippen LogP contribution >= 0.6 is 0 Å². The number of carbonyl (C=O) groups is 2. The SMILES string of the molecule is COc1ccc(C2CC(c3ccc4ccccc4c3OC(C)=O)=NN2C(=O)/C=C/c2ccccc2)cc1. The van der Waals surface area contributed by atoms with E-state index in [2.05, 4.69) is 0 Å². The van der Waals surface area contributed by atoms with Gasteiger partial charge >= 0.3 is 5.97 Å². The fourth-order valence-corrected chi connectivity index (χ4v) is 4.49. The van der Waals surface area contributed by atoms with Gasteiger partial charge in [0.25, 0.3) is 5.91 Å². The Hall–Kier alpha value is -4.71. The Morgan fingerprint density at radius 2 is 1.65 bits per heavy atom. The first kappa shape index (κ1) is 24.0. The van der Waals surface area contributed by atoms with Crippen molar-refractivity contribution in [3.8, 4) is 11.5 Å². The first-order valence-corrected chi connectivity index (χ1v) is 12.0. The summed E-state index contributed by atoms with van der Waals surface area (Å²) < 4.78 is 11.0. The predicted molar refractivity (Wildman–Crippen MR) is 144 cm³/mol. The predicted octanol–water partition coefficient (Wildman–Crippen LogP) is 6.16. The average molecular weight is 491 g/mol. The summed E-state index contributed by atoms with van der Waals surface area (Å²) in [7, 11) is 1.62. The van der Waals surface area contributed by atoms with Gasteiger partial charge in [0, 0.05) is 30.4 Å². The van der Waals surface area contributed by atoms with Crippen molar-refractivity contribution in [2.75, 3.05) is 7.11 Å². The molecule has 5 rings (SSSR count). The fourth-order valence-electron chi connectivity index (χ4n) is 4.49. The van der Waals surface area contributed by atoms with Gasteiger partial charge in [0.15, 0.2) is 0 Å². The summed E-state index contributed by atoms with van der Waals surface area (Å²) in [5, 5.41) is 8.04. The van der Waals surface area contributed by atoms with Gasteiger partial charge in [-0.05, 0) is 40.8 Å². The third-order valence-corrected chi connectivity index (χ3v) is 6.29. The second-order valence-electron chi connectivity index (χ2n) is 8.72. The van der Waals surface area contributed by atoms with Gasteiger partial charge in [-0.25, -0.2) is 5.01 Å². The molecule has 0 aromatic heterocycles. The fraction of sp³-hybridized carbons (Fsp3) is 0.129. The second-order valence-corrected chi connectivity index (χ2v) is 8.72. The van der Waals surface area contributed by atoms with Gasteiger partial charge < -0.3 is 9.47 Å². The van der Waals surface area contributed by atoms with Crippen molar-refractivity contribution < 1.29 is 19.1 Å². The molecule has 6 nitrogen and oxygen atoms in total. The van der Waals surface area contributed by atoms with E-state index in [-0.39, 0.29) is 11.9 Å². The zero-order valence-corrected chi connectivity index (χ0v) is 20.6. The van der Waals surface area contributed by atoms with E-state index in [1.807, 2.05) is 91.0 Å². The smallest absolute Gasteiger partial charge is 0.308 e. The van der Waals surface area contributed by atoms with Crippen molar-refractivity contribution in [2.45, 2.75) is 19.4 Å². The molecule has 4 aromatic carbocycles. The Balaban J connectivity index is 1.56. The monoisotopic (exact) mass is 490 g/mol. The van der Waals surface area contributed by atoms with E-state index in [0.29, 0.717) is 23.4 Å². The topological polar surface area (TPSA) is 68.2 Å². The number of hydrogen-bond donors (Lipinski definition) is 0. The van der Waals surface area contributed by atoms with Crippen LogP contribution in [0.3, 0.4) is 0 Å². The molecule has 37 heavy (non-hydrogen) atoms. The van der Waals surface area contributed by atoms with Crippen molar-refractivity contribution in [1.82, 2.24) is 5.01 Å². The first-order chi connectivity index (χ1) is 18.0. The Morgan fingerprint density at radius 1 is 0.919 bits per heavy atom. The molecule has 1 heterocycles. The van der Waals surface area contributed by atoms with Crippen LogP contribution in [-0.2, 0) is 9.59 Å². The number of esters is 1. The van der Waals surface area contributed by atoms with Gasteiger partial charge in [-0.2, -0.15) is 5.10 Å². The second kappa shape index (κ2) is 10.5. The number of nitrogens with zero attached hydrogens (tertiary/aromatic N) is 2. The number of benzene rings is 4. The van der Waals surface area contributed by atoms with E-state index in [1.54, 1.807) is 13.2 Å². The molecule has 0 fully saturated rings. The molecule has 6 heteroatoms. The highest BCUT2D eigenvalue weighted by Gasteiger charge is 2.33. The molecule has 1 unspecified atom stereocenters. The highest BCUT2D eigenvalue weighted by molar-refractivity contribution is 6.10. The maximum absolute atomic E-state index is 13.4. The molecule has 0 spiro atoms. The summed E-state index contributed by atoms with van der Waals surface area (Å²) in [6, 6.07) is 28.5. The Morgan fingerprint density at radius 3 is 2.38 bits per heavy atom. The van der Waals surface area contributed by atoms with Crippen LogP contribution in [0.5, 0.6) is 11.5 Å². The number of ether oxygens (including phenoxy) is 2. The van der Waals surface area contributed by atoms with Crippen LogP contribution in [-0.4, -0.2) is 29.7 Å². The lowest BCUT2D eigenvalue weighted by Crippen LogP contribution is -2.25. The summed E-state index contributed by atoms with van der Waals surface area (Å²) in [6.07, 6.45) is 3.77. The van der Waals surface area contributed by atoms with Crippen LogP contribution in [0.2, 0.25) is 0 Å². The van der Waals surface area contributed by atoms with E-state index in [4.69, 9.17) is 14.6 Å². The largest absolute Gasteiger partial charge is 0.497 e. The molecule has 4 aromatic rings. The van der Waals surface area contributed by atoms with Crippen molar-refractivity contribution in [3.05, 3.63) is 114 Å². The van der Waals surface area contributed by atoms with E-state index in [0.717, 1.165) is 27.6 Å². The third kappa shape index (κ3) is 5.14. The number of amides is 1. The first-order valence-electron chi connectivity index (χ1n) is 12.0. The molecule has 0 aliphatic carbocycles. The van der Waals surface area contributed by atoms with Crippen LogP contribution < -0.4 is 9.47 Å². The molecule has 1 amide bonds. The number of fused-ring (bicyclic) bond motifs is 1. The zero-order chi connectivity index (χ0) is 25.8. The van der Waals surface area contributed by atoms with E-state index in [9.17, 15) is 9.59 Å². The van der Waals surface area contributed by atoms with Gasteiger partial charge in [-0.3, -0.25) is 9.59 Å². The standard InChI is InChI=1S/C31H26N2O4/c1-21(34)37-31-26-11-7-6-10-23(26)15-18-27(31)28-20-29(24-13-16-25(36-2)17-14-24)33(32-28)30(35)19-12-22-8-4-3-5-9-22/h3-19,29H,20H2,1-2H3/b19-12+. The molecule has 0 bridgehead atoms. The highest BCUT2D eigenvalue weighted by atomic mass is 16.5. The van der Waals surface area contributed by atoms with Crippen LogP contribution in [0.15, 0.2) is 102 Å². The lowest BCUT2D eigenvalue weighted by Gasteiger charge is -2.21. The average Bonchev–Trinajstić information content (AvgIpc) is 3.37. The molecular formula is C31H26N2O4. The van der Waals surface area contributed by atoms with Gasteiger partial charge in [0.2, 0.25) is 0 Å². The molecule has 0 N–H and O–H groups in total. The Kier molecular flexibility index (Phi) is 6.81. The maximum atomic E-state index is 13.4. The normalized spacial score (nSPS) is 15.1. The molecule has 0 radical (unpaired) electrons. The lowest BCUT2D eigenvalue weighted by molar-refractivity contribution is -0.132. The highest BCUT2D eigenvalue weighted by Crippen LogP contribution is 2.38. The maximum Gasteiger partial charge on any atom is 0.308 e. The molecule has 1 aliphatic rings. The van der Waals surface area contributed by atoms with Crippen LogP contribution in [0.1, 0.15) is 36.1 Å². The number of hydrazone groups is 1. The molecule has 1 atom stereocenters. The molecule has 1 aliphatic heterocycles. The van der Waals surface area contributed by atoms with Crippen LogP contribution in [0.25, 0.3) is 16.8 Å². The minimum absolute atomic E-state index is 0.241. The number of hydrogen-bond acceptors (Lipinski definition) is 5. The summed E-state index contributed by atoms with van der Waals surface area (Å²) in [5.41, 5.74) is 3.21. The van der Waals surface area contributed by atoms with Gasteiger partial charge in [0.1, 0.15) is 11.5 Å². The molecule has 0 saturated heterocycles. The van der Waals surface area contributed by atoms with Crippen molar-refractivity contribution in [2.24, 2.45) is 5.10 Å². The number of rotatable bonds is 6. The van der Waals surface area contributed by atoms with Gasteiger partial charge in [-0.1, -0.05) is 72.8 Å². The summed E-state index contributed by atoms with van der Waals surface area (Å²) >= 11 is 0. The van der Waals surface area contributed by atoms with Crippen molar-refractivity contribution in [1.29, 1.82) is 0 Å². The van der Waals surface area contributed by atoms with E-state index >= 15 is 0 Å². The van der Waals surface area contributed by atoms with Crippen molar-refractivity contribution in [3.63, 3.8) is 0 Å². The zero-order valence-electron chi connectivity index (χ0n) is 20.6. The van der Waals surface area contributed by atoms with E-state index < -0.39 is 5.97 Å². The summed E-state index contributed by atoms with van der Waals surface area (Å²) in [5.74, 6) is 0.527. The minimum Gasteiger partial charge on any atom is -0.497 e. The van der Waals surface area contributed by atoms with Crippen LogP contribution in [0.4, 0.5) is 0 Å². The number of carbonyl (C=O) groups excluding carboxylic acids is 2. The minimum atomic E-state index is -0.415. The molecule has 184 valence electrons. The lowest BCUT2D eigenvalue weighted by atomic mass is 9.96. The van der Waals surface area contributed by atoms with Crippen LogP contribution in [0, 0.1) is 0 Å². The number of methoxy groups -OCH3 is 1. The third-order valence-electron chi connectivity index (χ3n) is 6.29.